The highest BCUT2D eigenvalue weighted by Gasteiger charge is 2.20. The van der Waals surface area contributed by atoms with Gasteiger partial charge in [-0.05, 0) is 35.6 Å². The number of hydrogen-bond acceptors (Lipinski definition) is 3. The lowest BCUT2D eigenvalue weighted by Crippen LogP contribution is -2.43. The maximum Gasteiger partial charge on any atom is 0.191 e. The number of benzene rings is 2. The van der Waals surface area contributed by atoms with Crippen LogP contribution in [0, 0.1) is 0 Å². The molecule has 0 spiro atoms. The summed E-state index contributed by atoms with van der Waals surface area (Å²) in [5, 5.41) is 6.76. The van der Waals surface area contributed by atoms with Crippen molar-refractivity contribution in [3.63, 3.8) is 0 Å². The highest BCUT2D eigenvalue weighted by Crippen LogP contribution is 2.22. The van der Waals surface area contributed by atoms with E-state index >= 15 is 0 Å². The van der Waals surface area contributed by atoms with Crippen molar-refractivity contribution in [2.24, 2.45) is 4.99 Å². The number of guanidine groups is 1. The molecular weight excluding hydrogens is 394 g/mol. The zero-order valence-corrected chi connectivity index (χ0v) is 19.6. The molecule has 0 saturated heterocycles. The standard InChI is InChI=1S/C24H35N3O2S/c1-6-19-12-14-22(15-13-19)24(3,4)18-27-23(25-7-2)26-16-20-8-10-21(11-9-20)17-30(5,28)29/h8-15H,6-7,16-18H2,1-5H3,(H2,25,26,27). The van der Waals surface area contributed by atoms with Gasteiger partial charge in [0.05, 0.1) is 12.3 Å². The summed E-state index contributed by atoms with van der Waals surface area (Å²) < 4.78 is 22.8. The van der Waals surface area contributed by atoms with Gasteiger partial charge in [-0.2, -0.15) is 0 Å². The van der Waals surface area contributed by atoms with E-state index in [1.165, 1.54) is 17.4 Å². The summed E-state index contributed by atoms with van der Waals surface area (Å²) in [6.45, 7) is 10.7. The Morgan fingerprint density at radius 1 is 0.900 bits per heavy atom. The molecule has 2 rings (SSSR count). The number of nitrogens with zero attached hydrogens (tertiary/aromatic N) is 1. The van der Waals surface area contributed by atoms with Crippen LogP contribution in [-0.4, -0.2) is 33.7 Å². The molecule has 0 radical (unpaired) electrons. The van der Waals surface area contributed by atoms with Crippen LogP contribution in [-0.2, 0) is 34.0 Å². The molecular formula is C24H35N3O2S. The number of nitrogens with one attached hydrogen (secondary N) is 2. The monoisotopic (exact) mass is 429 g/mol. The Hall–Kier alpha value is -2.34. The second-order valence-electron chi connectivity index (χ2n) is 8.37. The van der Waals surface area contributed by atoms with Crippen molar-refractivity contribution in [3.8, 4) is 0 Å². The van der Waals surface area contributed by atoms with Crippen molar-refractivity contribution >= 4 is 15.8 Å². The lowest BCUT2D eigenvalue weighted by atomic mass is 9.84. The molecule has 0 amide bonds. The van der Waals surface area contributed by atoms with Crippen molar-refractivity contribution in [1.29, 1.82) is 0 Å². The number of rotatable bonds is 9. The first-order valence-corrected chi connectivity index (χ1v) is 12.6. The predicted molar refractivity (Wildman–Crippen MR) is 127 cm³/mol. The first-order valence-electron chi connectivity index (χ1n) is 10.5. The van der Waals surface area contributed by atoms with Gasteiger partial charge in [0.15, 0.2) is 15.8 Å². The molecule has 164 valence electrons. The van der Waals surface area contributed by atoms with Gasteiger partial charge in [-0.1, -0.05) is 69.3 Å². The Balaban J connectivity index is 2.01. The normalized spacial score (nSPS) is 12.6. The summed E-state index contributed by atoms with van der Waals surface area (Å²) in [7, 11) is -3.02. The van der Waals surface area contributed by atoms with Crippen molar-refractivity contribution < 1.29 is 8.42 Å². The third kappa shape index (κ3) is 7.82. The molecule has 30 heavy (non-hydrogen) atoms. The van der Waals surface area contributed by atoms with Crippen molar-refractivity contribution in [3.05, 3.63) is 70.8 Å². The lowest BCUT2D eigenvalue weighted by molar-refractivity contribution is 0.508. The summed E-state index contributed by atoms with van der Waals surface area (Å²) in [4.78, 5) is 4.69. The average Bonchev–Trinajstić information content (AvgIpc) is 2.70. The van der Waals surface area contributed by atoms with Crippen LogP contribution in [0.4, 0.5) is 0 Å². The summed E-state index contributed by atoms with van der Waals surface area (Å²) in [6.07, 6.45) is 2.30. The minimum Gasteiger partial charge on any atom is -0.357 e. The van der Waals surface area contributed by atoms with E-state index in [0.29, 0.717) is 6.54 Å². The number of aliphatic imine (C=N–C) groups is 1. The zero-order valence-electron chi connectivity index (χ0n) is 18.8. The molecule has 2 aromatic carbocycles. The summed E-state index contributed by atoms with van der Waals surface area (Å²) in [5.41, 5.74) is 4.45. The molecule has 6 heteroatoms. The number of sulfone groups is 1. The molecule has 0 aliphatic rings. The van der Waals surface area contributed by atoms with Crippen molar-refractivity contribution in [1.82, 2.24) is 10.6 Å². The van der Waals surface area contributed by atoms with Crippen LogP contribution in [0.3, 0.4) is 0 Å². The van der Waals surface area contributed by atoms with E-state index in [2.05, 4.69) is 60.7 Å². The van der Waals surface area contributed by atoms with Crippen LogP contribution in [0.15, 0.2) is 53.5 Å². The van der Waals surface area contributed by atoms with Gasteiger partial charge in [0.2, 0.25) is 0 Å². The molecule has 0 bridgehead atoms. The van der Waals surface area contributed by atoms with Crippen molar-refractivity contribution in [2.75, 3.05) is 19.3 Å². The van der Waals surface area contributed by atoms with Crippen LogP contribution in [0.25, 0.3) is 0 Å². The number of hydrogen-bond donors (Lipinski definition) is 2. The summed E-state index contributed by atoms with van der Waals surface area (Å²) >= 11 is 0. The van der Waals surface area contributed by atoms with Crippen LogP contribution in [0.2, 0.25) is 0 Å². The van der Waals surface area contributed by atoms with Crippen LogP contribution >= 0.6 is 0 Å². The van der Waals surface area contributed by atoms with Gasteiger partial charge in [0.25, 0.3) is 0 Å². The Bertz CT molecular complexity index is 931. The molecule has 0 heterocycles. The number of aryl methyl sites for hydroxylation is 1. The molecule has 0 unspecified atom stereocenters. The van der Waals surface area contributed by atoms with E-state index in [0.717, 1.165) is 36.6 Å². The predicted octanol–water partition coefficient (Wildman–Crippen LogP) is 3.83. The van der Waals surface area contributed by atoms with Crippen LogP contribution < -0.4 is 10.6 Å². The molecule has 0 aliphatic carbocycles. The van der Waals surface area contributed by atoms with Gasteiger partial charge < -0.3 is 10.6 Å². The minimum atomic E-state index is -3.02. The minimum absolute atomic E-state index is 0.0320. The van der Waals surface area contributed by atoms with Crippen molar-refractivity contribution in [2.45, 2.75) is 51.8 Å². The third-order valence-electron chi connectivity index (χ3n) is 5.06. The third-order valence-corrected chi connectivity index (χ3v) is 5.91. The molecule has 5 nitrogen and oxygen atoms in total. The first kappa shape index (κ1) is 23.9. The maximum atomic E-state index is 11.4. The second kappa shape index (κ2) is 10.6. The van der Waals surface area contributed by atoms with Crippen LogP contribution in [0.5, 0.6) is 0 Å². The first-order chi connectivity index (χ1) is 14.1. The largest absolute Gasteiger partial charge is 0.357 e. The molecule has 0 fully saturated rings. The van der Waals surface area contributed by atoms with E-state index in [-0.39, 0.29) is 11.2 Å². The maximum absolute atomic E-state index is 11.4. The molecule has 2 aromatic rings. The smallest absolute Gasteiger partial charge is 0.191 e. The molecule has 0 aliphatic heterocycles. The molecule has 0 saturated carbocycles. The fraction of sp³-hybridized carbons (Fsp3) is 0.458. The van der Waals surface area contributed by atoms with E-state index in [1.54, 1.807) is 0 Å². The van der Waals surface area contributed by atoms with Gasteiger partial charge in [-0.3, -0.25) is 0 Å². The quantitative estimate of drug-likeness (QED) is 0.469. The highest BCUT2D eigenvalue weighted by molar-refractivity contribution is 7.89. The SMILES string of the molecule is CCNC(=NCc1ccc(CS(C)(=O)=O)cc1)NCC(C)(C)c1ccc(CC)cc1. The Morgan fingerprint density at radius 3 is 2.00 bits per heavy atom. The fourth-order valence-electron chi connectivity index (χ4n) is 3.15. The Labute approximate surface area is 181 Å². The van der Waals surface area contributed by atoms with Gasteiger partial charge in [0.1, 0.15) is 0 Å². The van der Waals surface area contributed by atoms with E-state index in [4.69, 9.17) is 0 Å². The van der Waals surface area contributed by atoms with Gasteiger partial charge in [0, 0.05) is 24.8 Å². The fourth-order valence-corrected chi connectivity index (χ4v) is 3.95. The van der Waals surface area contributed by atoms with E-state index in [9.17, 15) is 8.42 Å². The highest BCUT2D eigenvalue weighted by atomic mass is 32.2. The summed E-state index contributed by atoms with van der Waals surface area (Å²) in [6, 6.07) is 16.4. The Morgan fingerprint density at radius 2 is 1.47 bits per heavy atom. The average molecular weight is 430 g/mol. The van der Waals surface area contributed by atoms with E-state index < -0.39 is 9.84 Å². The van der Waals surface area contributed by atoms with Crippen LogP contribution in [0.1, 0.15) is 49.9 Å². The molecule has 0 aromatic heterocycles. The van der Waals surface area contributed by atoms with Gasteiger partial charge in [-0.25, -0.2) is 13.4 Å². The molecule has 2 N–H and O–H groups in total. The zero-order chi connectivity index (χ0) is 22.2. The second-order valence-corrected chi connectivity index (χ2v) is 10.5. The Kier molecular flexibility index (Phi) is 8.47. The topological polar surface area (TPSA) is 70.6 Å². The lowest BCUT2D eigenvalue weighted by Gasteiger charge is -2.27. The van der Waals surface area contributed by atoms with Gasteiger partial charge in [-0.15, -0.1) is 0 Å². The summed E-state index contributed by atoms with van der Waals surface area (Å²) in [5.74, 6) is 0.839. The van der Waals surface area contributed by atoms with Gasteiger partial charge >= 0.3 is 0 Å². The van der Waals surface area contributed by atoms with E-state index in [1.807, 2.05) is 31.2 Å². The molecule has 0 atom stereocenters.